The zero-order valence-electron chi connectivity index (χ0n) is 18.2. The van der Waals surface area contributed by atoms with Crippen LogP contribution in [0.4, 0.5) is 0 Å². The quantitative estimate of drug-likeness (QED) is 0.707. The van der Waals surface area contributed by atoms with Crippen molar-refractivity contribution in [1.29, 1.82) is 0 Å². The number of nitrogens with zero attached hydrogens (tertiary/aromatic N) is 4. The Kier molecular flexibility index (Phi) is 5.59. The summed E-state index contributed by atoms with van der Waals surface area (Å²) >= 11 is 0. The molecule has 7 nitrogen and oxygen atoms in total. The van der Waals surface area contributed by atoms with E-state index in [1.807, 2.05) is 29.8 Å². The lowest BCUT2D eigenvalue weighted by Crippen LogP contribution is -2.25. The third-order valence-corrected chi connectivity index (χ3v) is 4.77. The van der Waals surface area contributed by atoms with Gasteiger partial charge in [-0.15, -0.1) is 0 Å². The number of aromatic nitrogens is 4. The summed E-state index contributed by atoms with van der Waals surface area (Å²) in [5.41, 5.74) is 3.70. The molecular formula is C22H29N5O2. The topological polar surface area (TPSA) is 81.9 Å². The third kappa shape index (κ3) is 4.23. The molecule has 1 amide bonds. The Bertz CT molecular complexity index is 1050. The molecule has 1 N–H and O–H groups in total. The average molecular weight is 396 g/mol. The third-order valence-electron chi connectivity index (χ3n) is 4.77. The average Bonchev–Trinajstić information content (AvgIpc) is 3.02. The number of carbonyl (C=O) groups is 1. The van der Waals surface area contributed by atoms with Crippen LogP contribution >= 0.6 is 0 Å². The molecule has 0 bridgehead atoms. The SMILES string of the molecule is COc1cc(CNC(=O)c2cc(C(C)C)nc3c2c(C)nn3C(C)(C)C)ccn1. The van der Waals surface area contributed by atoms with Crippen molar-refractivity contribution >= 4 is 16.9 Å². The second kappa shape index (κ2) is 7.81. The smallest absolute Gasteiger partial charge is 0.252 e. The van der Waals surface area contributed by atoms with Crippen molar-refractivity contribution in [1.82, 2.24) is 25.1 Å². The van der Waals surface area contributed by atoms with Gasteiger partial charge in [0.2, 0.25) is 5.88 Å². The molecule has 0 fully saturated rings. The number of amides is 1. The monoisotopic (exact) mass is 395 g/mol. The fourth-order valence-corrected chi connectivity index (χ4v) is 3.20. The van der Waals surface area contributed by atoms with Crippen LogP contribution < -0.4 is 10.1 Å². The van der Waals surface area contributed by atoms with Gasteiger partial charge in [0.05, 0.1) is 29.3 Å². The van der Waals surface area contributed by atoms with E-state index in [9.17, 15) is 4.79 Å². The standard InChI is InChI=1S/C22H29N5O2/c1-13(2)17-11-16(19-14(3)26-27(20(19)25-17)22(4,5)6)21(28)24-12-15-8-9-23-18(10-15)29-7/h8-11,13H,12H2,1-7H3,(H,24,28). The van der Waals surface area contributed by atoms with Gasteiger partial charge in [0.15, 0.2) is 5.65 Å². The van der Waals surface area contributed by atoms with Crippen LogP contribution in [-0.4, -0.2) is 32.8 Å². The van der Waals surface area contributed by atoms with Crippen LogP contribution in [0.3, 0.4) is 0 Å². The zero-order chi connectivity index (χ0) is 21.3. The Morgan fingerprint density at radius 1 is 1.28 bits per heavy atom. The predicted molar refractivity (Wildman–Crippen MR) is 113 cm³/mol. The van der Waals surface area contributed by atoms with Crippen LogP contribution in [0.1, 0.15) is 67.8 Å². The van der Waals surface area contributed by atoms with Crippen LogP contribution in [0.5, 0.6) is 5.88 Å². The van der Waals surface area contributed by atoms with Crippen molar-refractivity contribution < 1.29 is 9.53 Å². The van der Waals surface area contributed by atoms with E-state index in [4.69, 9.17) is 14.8 Å². The highest BCUT2D eigenvalue weighted by molar-refractivity contribution is 6.06. The summed E-state index contributed by atoms with van der Waals surface area (Å²) in [6.45, 7) is 12.7. The summed E-state index contributed by atoms with van der Waals surface area (Å²) in [5.74, 6) is 0.568. The molecule has 0 saturated carbocycles. The number of ether oxygens (including phenoxy) is 1. The summed E-state index contributed by atoms with van der Waals surface area (Å²) in [7, 11) is 1.57. The molecule has 0 spiro atoms. The molecule has 7 heteroatoms. The minimum atomic E-state index is -0.240. The Morgan fingerprint density at radius 3 is 2.62 bits per heavy atom. The van der Waals surface area contributed by atoms with E-state index < -0.39 is 0 Å². The molecule has 0 aliphatic heterocycles. The Labute approximate surface area is 171 Å². The molecule has 0 atom stereocenters. The van der Waals surface area contributed by atoms with Crippen LogP contribution in [0.25, 0.3) is 11.0 Å². The molecule has 0 aliphatic carbocycles. The van der Waals surface area contributed by atoms with Crippen LogP contribution in [0, 0.1) is 6.92 Å². The maximum absolute atomic E-state index is 13.1. The predicted octanol–water partition coefficient (Wildman–Crippen LogP) is 3.95. The van der Waals surface area contributed by atoms with E-state index in [1.165, 1.54) is 0 Å². The molecule has 29 heavy (non-hydrogen) atoms. The highest BCUT2D eigenvalue weighted by Crippen LogP contribution is 2.29. The number of fused-ring (bicyclic) bond motifs is 1. The maximum atomic E-state index is 13.1. The van der Waals surface area contributed by atoms with Crippen molar-refractivity contribution in [2.24, 2.45) is 0 Å². The first-order valence-corrected chi connectivity index (χ1v) is 9.79. The second-order valence-electron chi connectivity index (χ2n) is 8.51. The highest BCUT2D eigenvalue weighted by atomic mass is 16.5. The van der Waals surface area contributed by atoms with Gasteiger partial charge in [-0.05, 0) is 51.3 Å². The maximum Gasteiger partial charge on any atom is 0.252 e. The molecule has 0 aliphatic rings. The Morgan fingerprint density at radius 2 is 2.00 bits per heavy atom. The molecule has 0 saturated heterocycles. The largest absolute Gasteiger partial charge is 0.481 e. The lowest BCUT2D eigenvalue weighted by Gasteiger charge is -2.20. The van der Waals surface area contributed by atoms with E-state index in [-0.39, 0.29) is 17.4 Å². The first-order valence-electron chi connectivity index (χ1n) is 9.79. The van der Waals surface area contributed by atoms with Crippen molar-refractivity contribution in [3.8, 4) is 5.88 Å². The van der Waals surface area contributed by atoms with Gasteiger partial charge in [-0.25, -0.2) is 14.6 Å². The highest BCUT2D eigenvalue weighted by Gasteiger charge is 2.25. The van der Waals surface area contributed by atoms with Gasteiger partial charge in [0, 0.05) is 24.5 Å². The molecular weight excluding hydrogens is 366 g/mol. The van der Waals surface area contributed by atoms with Crippen molar-refractivity contribution in [3.63, 3.8) is 0 Å². The minimum Gasteiger partial charge on any atom is -0.481 e. The fourth-order valence-electron chi connectivity index (χ4n) is 3.20. The number of carbonyl (C=O) groups excluding carboxylic acids is 1. The molecule has 154 valence electrons. The van der Waals surface area contributed by atoms with Crippen molar-refractivity contribution in [2.45, 2.75) is 59.5 Å². The lowest BCUT2D eigenvalue weighted by atomic mass is 10.0. The number of aryl methyl sites for hydroxylation is 1. The first kappa shape index (κ1) is 20.8. The molecule has 3 aromatic heterocycles. The number of hydrogen-bond donors (Lipinski definition) is 1. The number of methoxy groups -OCH3 is 1. The Balaban J connectivity index is 2.02. The van der Waals surface area contributed by atoms with Gasteiger partial charge < -0.3 is 10.1 Å². The van der Waals surface area contributed by atoms with Gasteiger partial charge in [-0.2, -0.15) is 5.10 Å². The van der Waals surface area contributed by atoms with Crippen LogP contribution in [0.15, 0.2) is 24.4 Å². The fraction of sp³-hybridized carbons (Fsp3) is 0.455. The molecule has 3 heterocycles. The summed E-state index contributed by atoms with van der Waals surface area (Å²) < 4.78 is 7.06. The van der Waals surface area contributed by atoms with Gasteiger partial charge in [-0.1, -0.05) is 13.8 Å². The number of nitrogens with one attached hydrogen (secondary N) is 1. The number of pyridine rings is 2. The molecule has 0 unspecified atom stereocenters. The van der Waals surface area contributed by atoms with E-state index in [2.05, 4.69) is 44.9 Å². The Hall–Kier alpha value is -2.96. The summed E-state index contributed by atoms with van der Waals surface area (Å²) in [6.07, 6.45) is 1.67. The van der Waals surface area contributed by atoms with Gasteiger partial charge in [-0.3, -0.25) is 4.79 Å². The van der Waals surface area contributed by atoms with E-state index >= 15 is 0 Å². The van der Waals surface area contributed by atoms with Crippen LogP contribution in [-0.2, 0) is 12.1 Å². The minimum absolute atomic E-state index is 0.147. The first-order chi connectivity index (χ1) is 13.6. The second-order valence-corrected chi connectivity index (χ2v) is 8.51. The van der Waals surface area contributed by atoms with Gasteiger partial charge in [0.1, 0.15) is 0 Å². The van der Waals surface area contributed by atoms with Crippen molar-refractivity contribution in [3.05, 3.63) is 46.9 Å². The van der Waals surface area contributed by atoms with E-state index in [0.717, 1.165) is 28.0 Å². The summed E-state index contributed by atoms with van der Waals surface area (Å²) in [4.78, 5) is 22.1. The molecule has 3 rings (SSSR count). The number of hydrogen-bond acceptors (Lipinski definition) is 5. The van der Waals surface area contributed by atoms with Gasteiger partial charge >= 0.3 is 0 Å². The normalized spacial score (nSPS) is 11.9. The van der Waals surface area contributed by atoms with Crippen molar-refractivity contribution in [2.75, 3.05) is 7.11 Å². The lowest BCUT2D eigenvalue weighted by molar-refractivity contribution is 0.0952. The molecule has 3 aromatic rings. The summed E-state index contributed by atoms with van der Waals surface area (Å²) in [6, 6.07) is 5.55. The molecule has 0 aromatic carbocycles. The van der Waals surface area contributed by atoms with Crippen LogP contribution in [0.2, 0.25) is 0 Å². The van der Waals surface area contributed by atoms with E-state index in [1.54, 1.807) is 13.3 Å². The van der Waals surface area contributed by atoms with E-state index in [0.29, 0.717) is 18.0 Å². The summed E-state index contributed by atoms with van der Waals surface area (Å²) in [5, 5.41) is 8.51. The zero-order valence-corrected chi connectivity index (χ0v) is 18.2. The number of rotatable bonds is 5. The van der Waals surface area contributed by atoms with Gasteiger partial charge in [0.25, 0.3) is 5.91 Å². The molecule has 0 radical (unpaired) electrons.